The van der Waals surface area contributed by atoms with E-state index < -0.39 is 21.5 Å². The maximum absolute atomic E-state index is 11.2. The minimum atomic E-state index is -3.31. The van der Waals surface area contributed by atoms with Crippen LogP contribution in [-0.4, -0.2) is 26.3 Å². The highest BCUT2D eigenvalue weighted by molar-refractivity contribution is 7.91. The van der Waals surface area contributed by atoms with E-state index in [-0.39, 0.29) is 0 Å². The second-order valence-corrected chi connectivity index (χ2v) is 5.35. The molecule has 5 nitrogen and oxygen atoms in total. The monoisotopic (exact) mass is 228 g/mol. The first-order chi connectivity index (χ1) is 6.88. The Kier molecular flexibility index (Phi) is 3.31. The van der Waals surface area contributed by atoms with Crippen molar-refractivity contribution in [3.05, 3.63) is 24.3 Å². The number of amides is 1. The van der Waals surface area contributed by atoms with Crippen LogP contribution in [0.1, 0.15) is 0 Å². The lowest BCUT2D eigenvalue weighted by molar-refractivity contribution is -0.113. The van der Waals surface area contributed by atoms with Gasteiger partial charge in [-0.05, 0) is 12.1 Å². The van der Waals surface area contributed by atoms with Crippen molar-refractivity contribution in [3.63, 3.8) is 0 Å². The quantitative estimate of drug-likeness (QED) is 0.726. The first kappa shape index (κ1) is 11.5. The topological polar surface area (TPSA) is 89.3 Å². The van der Waals surface area contributed by atoms with E-state index in [1.54, 1.807) is 24.3 Å². The molecule has 1 aromatic carbocycles. The van der Waals surface area contributed by atoms with Gasteiger partial charge < -0.3 is 11.1 Å². The van der Waals surface area contributed by atoms with E-state index >= 15 is 0 Å². The Hall–Kier alpha value is -1.56. The molecule has 0 radical (unpaired) electrons. The summed E-state index contributed by atoms with van der Waals surface area (Å²) in [6.07, 6.45) is 1.00. The van der Waals surface area contributed by atoms with Crippen LogP contribution in [0.4, 0.5) is 11.4 Å². The van der Waals surface area contributed by atoms with Crippen LogP contribution in [0.15, 0.2) is 24.3 Å². The van der Waals surface area contributed by atoms with Crippen molar-refractivity contribution in [2.45, 2.75) is 0 Å². The first-order valence-electron chi connectivity index (χ1n) is 4.20. The predicted molar refractivity (Wildman–Crippen MR) is 59.2 cm³/mol. The molecule has 0 saturated heterocycles. The predicted octanol–water partition coefficient (Wildman–Crippen LogP) is 0.252. The van der Waals surface area contributed by atoms with Gasteiger partial charge >= 0.3 is 0 Å². The van der Waals surface area contributed by atoms with Crippen molar-refractivity contribution in [1.82, 2.24) is 0 Å². The Morgan fingerprint density at radius 1 is 1.40 bits per heavy atom. The van der Waals surface area contributed by atoms with Crippen LogP contribution >= 0.6 is 0 Å². The summed E-state index contributed by atoms with van der Waals surface area (Å²) in [4.78, 5) is 11.2. The lowest BCUT2D eigenvalue weighted by Crippen LogP contribution is -2.22. The highest BCUT2D eigenvalue weighted by Gasteiger charge is 2.11. The molecule has 0 bridgehead atoms. The lowest BCUT2D eigenvalue weighted by Gasteiger charge is -2.06. The van der Waals surface area contributed by atoms with Crippen molar-refractivity contribution < 1.29 is 13.2 Å². The largest absolute Gasteiger partial charge is 0.397 e. The van der Waals surface area contributed by atoms with Crippen LogP contribution in [0.2, 0.25) is 0 Å². The zero-order valence-corrected chi connectivity index (χ0v) is 9.04. The molecule has 82 valence electrons. The average Bonchev–Trinajstić information content (AvgIpc) is 2.05. The average molecular weight is 228 g/mol. The second-order valence-electron chi connectivity index (χ2n) is 3.21. The van der Waals surface area contributed by atoms with Gasteiger partial charge in [-0.1, -0.05) is 12.1 Å². The van der Waals surface area contributed by atoms with Gasteiger partial charge in [0.1, 0.15) is 5.75 Å². The summed E-state index contributed by atoms with van der Waals surface area (Å²) in [7, 11) is -3.31. The van der Waals surface area contributed by atoms with Gasteiger partial charge in [0.15, 0.2) is 9.84 Å². The molecular weight excluding hydrogens is 216 g/mol. The minimum absolute atomic E-state index is 0.402. The van der Waals surface area contributed by atoms with Crippen molar-refractivity contribution in [3.8, 4) is 0 Å². The van der Waals surface area contributed by atoms with Crippen molar-refractivity contribution >= 4 is 27.1 Å². The molecule has 0 aliphatic heterocycles. The number of sulfone groups is 1. The maximum atomic E-state index is 11.2. The summed E-state index contributed by atoms with van der Waals surface area (Å²) < 4.78 is 21.6. The Bertz CT molecular complexity index is 468. The Morgan fingerprint density at radius 3 is 2.53 bits per heavy atom. The summed E-state index contributed by atoms with van der Waals surface area (Å²) >= 11 is 0. The molecule has 0 atom stereocenters. The maximum Gasteiger partial charge on any atom is 0.239 e. The summed E-state index contributed by atoms with van der Waals surface area (Å²) in [5, 5.41) is 2.42. The Labute approximate surface area is 88.2 Å². The zero-order valence-electron chi connectivity index (χ0n) is 8.23. The molecule has 0 unspecified atom stereocenters. The lowest BCUT2D eigenvalue weighted by atomic mass is 10.3. The van der Waals surface area contributed by atoms with E-state index in [1.165, 1.54) is 0 Å². The fraction of sp³-hybridized carbons (Fsp3) is 0.222. The van der Waals surface area contributed by atoms with Crippen LogP contribution in [0.5, 0.6) is 0 Å². The number of carbonyl (C=O) groups excluding carboxylic acids is 1. The number of para-hydroxylation sites is 2. The van der Waals surface area contributed by atoms with E-state index in [1.807, 2.05) is 0 Å². The van der Waals surface area contributed by atoms with Crippen LogP contribution in [0, 0.1) is 0 Å². The Balaban J connectivity index is 2.72. The second kappa shape index (κ2) is 4.31. The SMILES string of the molecule is CS(=O)(=O)CC(=O)Nc1ccccc1N. The molecule has 1 rings (SSSR count). The third-order valence-electron chi connectivity index (χ3n) is 1.63. The van der Waals surface area contributed by atoms with Crippen LogP contribution < -0.4 is 11.1 Å². The summed E-state index contributed by atoms with van der Waals surface area (Å²) in [6.45, 7) is 0. The number of anilines is 2. The van der Waals surface area contributed by atoms with E-state index in [4.69, 9.17) is 5.73 Å². The molecule has 6 heteroatoms. The third kappa shape index (κ3) is 3.99. The van der Waals surface area contributed by atoms with E-state index in [0.29, 0.717) is 11.4 Å². The smallest absolute Gasteiger partial charge is 0.239 e. The molecule has 3 N–H and O–H groups in total. The number of carbonyl (C=O) groups is 1. The molecule has 0 aliphatic rings. The normalized spacial score (nSPS) is 11.0. The fourth-order valence-corrected chi connectivity index (χ4v) is 1.58. The molecule has 1 amide bonds. The third-order valence-corrected chi connectivity index (χ3v) is 2.41. The highest BCUT2D eigenvalue weighted by atomic mass is 32.2. The van der Waals surface area contributed by atoms with Gasteiger partial charge in [0.05, 0.1) is 11.4 Å². The van der Waals surface area contributed by atoms with E-state index in [0.717, 1.165) is 6.26 Å². The van der Waals surface area contributed by atoms with Gasteiger partial charge in [0.2, 0.25) is 5.91 Å². The highest BCUT2D eigenvalue weighted by Crippen LogP contribution is 2.16. The molecule has 0 aromatic heterocycles. The number of nitrogens with two attached hydrogens (primary N) is 1. The number of rotatable bonds is 3. The molecular formula is C9H12N2O3S. The first-order valence-corrected chi connectivity index (χ1v) is 6.26. The van der Waals surface area contributed by atoms with Crippen LogP contribution in [0.3, 0.4) is 0 Å². The minimum Gasteiger partial charge on any atom is -0.397 e. The zero-order chi connectivity index (χ0) is 11.5. The molecule has 15 heavy (non-hydrogen) atoms. The number of benzene rings is 1. The molecule has 1 aromatic rings. The Morgan fingerprint density at radius 2 is 2.00 bits per heavy atom. The van der Waals surface area contributed by atoms with Crippen LogP contribution in [0.25, 0.3) is 0 Å². The van der Waals surface area contributed by atoms with Gasteiger partial charge in [-0.15, -0.1) is 0 Å². The number of nitrogen functional groups attached to an aromatic ring is 1. The summed E-state index contributed by atoms with van der Waals surface area (Å²) in [6, 6.07) is 6.65. The van der Waals surface area contributed by atoms with E-state index in [2.05, 4.69) is 5.32 Å². The molecule has 0 aliphatic carbocycles. The molecule has 0 fully saturated rings. The fourth-order valence-electron chi connectivity index (χ4n) is 1.04. The standard InChI is InChI=1S/C9H12N2O3S/c1-15(13,14)6-9(12)11-8-5-3-2-4-7(8)10/h2-5H,6,10H2,1H3,(H,11,12). The van der Waals surface area contributed by atoms with Crippen molar-refractivity contribution in [2.24, 2.45) is 0 Å². The molecule has 0 saturated carbocycles. The van der Waals surface area contributed by atoms with Gasteiger partial charge in [-0.25, -0.2) is 8.42 Å². The van der Waals surface area contributed by atoms with E-state index in [9.17, 15) is 13.2 Å². The number of hydrogen-bond donors (Lipinski definition) is 2. The number of nitrogens with one attached hydrogen (secondary N) is 1. The van der Waals surface area contributed by atoms with Crippen molar-refractivity contribution in [1.29, 1.82) is 0 Å². The summed E-state index contributed by atoms with van der Waals surface area (Å²) in [5.74, 6) is -1.13. The van der Waals surface area contributed by atoms with Gasteiger partial charge in [0.25, 0.3) is 0 Å². The molecule has 0 heterocycles. The number of hydrogen-bond acceptors (Lipinski definition) is 4. The van der Waals surface area contributed by atoms with Crippen LogP contribution in [-0.2, 0) is 14.6 Å². The van der Waals surface area contributed by atoms with Gasteiger partial charge in [-0.2, -0.15) is 0 Å². The summed E-state index contributed by atoms with van der Waals surface area (Å²) in [5.41, 5.74) is 6.39. The van der Waals surface area contributed by atoms with Gasteiger partial charge in [-0.3, -0.25) is 4.79 Å². The van der Waals surface area contributed by atoms with Crippen molar-refractivity contribution in [2.75, 3.05) is 23.1 Å². The van der Waals surface area contributed by atoms with Gasteiger partial charge in [0, 0.05) is 6.26 Å². The molecule has 0 spiro atoms.